The summed E-state index contributed by atoms with van der Waals surface area (Å²) in [7, 11) is -4.34. The van der Waals surface area contributed by atoms with Crippen LogP contribution < -0.4 is 15.7 Å². The van der Waals surface area contributed by atoms with Gasteiger partial charge < -0.3 is 9.80 Å². The predicted octanol–water partition coefficient (Wildman–Crippen LogP) is 3.34. The van der Waals surface area contributed by atoms with E-state index >= 15 is 4.39 Å². The molecule has 0 bridgehead atoms. The van der Waals surface area contributed by atoms with Crippen molar-refractivity contribution in [1.82, 2.24) is 14.5 Å². The molecule has 4 aromatic rings. The summed E-state index contributed by atoms with van der Waals surface area (Å²) in [6, 6.07) is 10.2. The van der Waals surface area contributed by atoms with Gasteiger partial charge in [-0.2, -0.15) is 4.98 Å². The molecule has 1 atom stereocenters. The molecule has 0 unspecified atom stereocenters. The first-order valence-corrected chi connectivity index (χ1v) is 14.0. The maximum Gasteiger partial charge on any atom is 0.354 e. The lowest BCUT2D eigenvalue weighted by atomic mass is 10.0. The fourth-order valence-electron chi connectivity index (χ4n) is 5.11. The number of primary sulfonamides is 1. The van der Waals surface area contributed by atoms with Crippen LogP contribution in [0, 0.1) is 17.5 Å². The highest BCUT2D eigenvalue weighted by atomic mass is 32.2. The number of carbonyl (C=O) groups excluding carboxylic acids is 1. The summed E-state index contributed by atoms with van der Waals surface area (Å²) < 4.78 is 70.9. The number of amides is 1. The van der Waals surface area contributed by atoms with Crippen LogP contribution in [0.5, 0.6) is 0 Å². The van der Waals surface area contributed by atoms with E-state index in [9.17, 15) is 26.8 Å². The van der Waals surface area contributed by atoms with Gasteiger partial charge in [-0.05, 0) is 49.4 Å². The Hall–Kier alpha value is -4.49. The van der Waals surface area contributed by atoms with Crippen molar-refractivity contribution in [2.45, 2.75) is 17.9 Å². The maximum atomic E-state index is 15.7. The maximum absolute atomic E-state index is 15.7. The lowest BCUT2D eigenvalue weighted by Crippen LogP contribution is -2.54. The summed E-state index contributed by atoms with van der Waals surface area (Å²) in [6.45, 7) is 6.03. The second-order valence-corrected chi connectivity index (χ2v) is 11.1. The van der Waals surface area contributed by atoms with Gasteiger partial charge in [0, 0.05) is 36.6 Å². The van der Waals surface area contributed by atoms with Gasteiger partial charge in [-0.25, -0.2) is 31.5 Å². The van der Waals surface area contributed by atoms with Crippen molar-refractivity contribution in [2.75, 3.05) is 24.5 Å². The van der Waals surface area contributed by atoms with Crippen LogP contribution in [0.15, 0.2) is 76.9 Å². The Morgan fingerprint density at radius 2 is 1.73 bits per heavy atom. The Labute approximate surface area is 233 Å². The van der Waals surface area contributed by atoms with Crippen LogP contribution in [0.3, 0.4) is 0 Å². The molecule has 41 heavy (non-hydrogen) atoms. The van der Waals surface area contributed by atoms with Gasteiger partial charge in [-0.3, -0.25) is 9.36 Å². The standard InChI is InChI=1S/C28H24F3N5O4S/c1-3-25(37)34-11-12-35(16(2)15-34)27-18-13-21(31)17(26-19(29)7-6-8-20(26)30)14-23(18)36(28(38)33-27)22-9-4-5-10-24(22)41(32,39)40/h3-10,13-14,16H,1,11-12,15H2,2H3,(H2,32,39,40)/t16-/m0/s1. The van der Waals surface area contributed by atoms with E-state index in [1.807, 2.05) is 0 Å². The van der Waals surface area contributed by atoms with E-state index in [1.165, 1.54) is 30.3 Å². The number of anilines is 1. The fourth-order valence-corrected chi connectivity index (χ4v) is 5.83. The monoisotopic (exact) mass is 583 g/mol. The molecule has 1 aromatic heterocycles. The number of halogens is 3. The highest BCUT2D eigenvalue weighted by Crippen LogP contribution is 2.36. The molecule has 1 amide bonds. The zero-order chi connectivity index (χ0) is 29.6. The average molecular weight is 584 g/mol. The second-order valence-electron chi connectivity index (χ2n) is 9.54. The van der Waals surface area contributed by atoms with Gasteiger partial charge in [0.25, 0.3) is 0 Å². The lowest BCUT2D eigenvalue weighted by molar-refractivity contribution is -0.126. The summed E-state index contributed by atoms with van der Waals surface area (Å²) >= 11 is 0. The fraction of sp³-hybridized carbons (Fsp3) is 0.179. The smallest absolute Gasteiger partial charge is 0.350 e. The van der Waals surface area contributed by atoms with E-state index in [4.69, 9.17) is 5.14 Å². The van der Waals surface area contributed by atoms with Crippen LogP contribution in [-0.2, 0) is 14.8 Å². The largest absolute Gasteiger partial charge is 0.354 e. The van der Waals surface area contributed by atoms with Gasteiger partial charge in [-0.15, -0.1) is 0 Å². The molecule has 3 aromatic carbocycles. The number of para-hydroxylation sites is 1. The minimum absolute atomic E-state index is 0.0620. The molecule has 9 nitrogen and oxygen atoms in total. The van der Waals surface area contributed by atoms with E-state index in [1.54, 1.807) is 16.7 Å². The van der Waals surface area contributed by atoms with E-state index in [2.05, 4.69) is 11.6 Å². The molecule has 212 valence electrons. The molecule has 1 aliphatic rings. The van der Waals surface area contributed by atoms with Crippen LogP contribution in [0.25, 0.3) is 27.7 Å². The molecule has 0 radical (unpaired) electrons. The van der Waals surface area contributed by atoms with Crippen molar-refractivity contribution in [3.8, 4) is 16.8 Å². The topological polar surface area (TPSA) is 119 Å². The zero-order valence-corrected chi connectivity index (χ0v) is 22.5. The van der Waals surface area contributed by atoms with E-state index in [0.29, 0.717) is 0 Å². The van der Waals surface area contributed by atoms with Crippen molar-refractivity contribution in [3.63, 3.8) is 0 Å². The minimum atomic E-state index is -4.34. The molecular formula is C28H24F3N5O4S. The number of benzene rings is 3. The van der Waals surface area contributed by atoms with Gasteiger partial charge in [0.2, 0.25) is 15.9 Å². The van der Waals surface area contributed by atoms with Gasteiger partial charge in [-0.1, -0.05) is 24.8 Å². The van der Waals surface area contributed by atoms with E-state index < -0.39 is 49.2 Å². The number of carbonyl (C=O) groups is 1. The Morgan fingerprint density at radius 1 is 1.05 bits per heavy atom. The summed E-state index contributed by atoms with van der Waals surface area (Å²) in [4.78, 5) is 32.9. The molecule has 0 saturated carbocycles. The first-order chi connectivity index (χ1) is 19.4. The average Bonchev–Trinajstić information content (AvgIpc) is 2.92. The van der Waals surface area contributed by atoms with Crippen molar-refractivity contribution >= 4 is 32.7 Å². The van der Waals surface area contributed by atoms with Gasteiger partial charge in [0.15, 0.2) is 0 Å². The normalized spacial score (nSPS) is 15.8. The number of rotatable bonds is 5. The third-order valence-corrected chi connectivity index (χ3v) is 7.95. The predicted molar refractivity (Wildman–Crippen MR) is 148 cm³/mol. The molecule has 0 aliphatic carbocycles. The Kier molecular flexibility index (Phi) is 7.17. The highest BCUT2D eigenvalue weighted by Gasteiger charge is 2.30. The molecule has 13 heteroatoms. The molecule has 0 spiro atoms. The van der Waals surface area contributed by atoms with Crippen LogP contribution in [0.1, 0.15) is 6.92 Å². The van der Waals surface area contributed by atoms with Crippen molar-refractivity contribution in [3.05, 3.63) is 95.2 Å². The van der Waals surface area contributed by atoms with E-state index in [-0.39, 0.29) is 54.0 Å². The second kappa shape index (κ2) is 10.5. The van der Waals surface area contributed by atoms with Gasteiger partial charge in [0.05, 0.1) is 16.8 Å². The summed E-state index contributed by atoms with van der Waals surface area (Å²) in [5.41, 5.74) is -2.32. The number of nitrogens with zero attached hydrogens (tertiary/aromatic N) is 4. The molecule has 1 saturated heterocycles. The third kappa shape index (κ3) is 4.98. The number of aromatic nitrogens is 2. The lowest BCUT2D eigenvalue weighted by Gasteiger charge is -2.40. The van der Waals surface area contributed by atoms with Gasteiger partial charge >= 0.3 is 5.69 Å². The number of hydrogen-bond donors (Lipinski definition) is 1. The number of sulfonamides is 1. The van der Waals surface area contributed by atoms with Crippen LogP contribution in [0.4, 0.5) is 19.0 Å². The molecule has 2 N–H and O–H groups in total. The van der Waals surface area contributed by atoms with Crippen LogP contribution >= 0.6 is 0 Å². The SMILES string of the molecule is C=CC(=O)N1CCN(c2nc(=O)n(-c3ccccc3S(N)(=O)=O)c3cc(-c4c(F)cccc4F)c(F)cc23)[C@@H](C)C1. The van der Waals surface area contributed by atoms with Crippen molar-refractivity contribution in [1.29, 1.82) is 0 Å². The third-order valence-electron chi connectivity index (χ3n) is 6.99. The highest BCUT2D eigenvalue weighted by molar-refractivity contribution is 7.89. The molecule has 1 fully saturated rings. The van der Waals surface area contributed by atoms with Crippen LogP contribution in [0.2, 0.25) is 0 Å². The Bertz CT molecular complexity index is 1870. The van der Waals surface area contributed by atoms with Gasteiger partial charge in [0.1, 0.15) is 28.2 Å². The molecular weight excluding hydrogens is 559 g/mol. The first-order valence-electron chi connectivity index (χ1n) is 12.4. The van der Waals surface area contributed by atoms with E-state index in [0.717, 1.165) is 34.9 Å². The number of hydrogen-bond acceptors (Lipinski definition) is 6. The summed E-state index contributed by atoms with van der Waals surface area (Å²) in [6.07, 6.45) is 1.19. The Morgan fingerprint density at radius 3 is 2.37 bits per heavy atom. The number of piperazine rings is 1. The first kappa shape index (κ1) is 28.1. The minimum Gasteiger partial charge on any atom is -0.350 e. The van der Waals surface area contributed by atoms with Crippen molar-refractivity contribution < 1.29 is 26.4 Å². The number of nitrogens with two attached hydrogens (primary N) is 1. The summed E-state index contributed by atoms with van der Waals surface area (Å²) in [5.74, 6) is -3.28. The quantitative estimate of drug-likeness (QED) is 0.360. The molecule has 1 aliphatic heterocycles. The van der Waals surface area contributed by atoms with Crippen LogP contribution in [-0.4, -0.2) is 54.5 Å². The number of fused-ring (bicyclic) bond motifs is 1. The van der Waals surface area contributed by atoms with Crippen molar-refractivity contribution in [2.24, 2.45) is 5.14 Å². The molecule has 2 heterocycles. The molecule has 5 rings (SSSR count). The summed E-state index contributed by atoms with van der Waals surface area (Å²) in [5, 5.41) is 5.49. The Balaban J connectivity index is 1.83. The zero-order valence-electron chi connectivity index (χ0n) is 21.7.